The zero-order valence-corrected chi connectivity index (χ0v) is 14.6. The summed E-state index contributed by atoms with van der Waals surface area (Å²) in [6.07, 6.45) is 3.94. The molecule has 0 radical (unpaired) electrons. The molecule has 0 unspecified atom stereocenters. The first-order valence-corrected chi connectivity index (χ1v) is 9.10. The molecular weight excluding hydrogens is 318 g/mol. The van der Waals surface area contributed by atoms with Gasteiger partial charge in [-0.15, -0.1) is 15.3 Å². The average molecular weight is 343 g/mol. The lowest BCUT2D eigenvalue weighted by Crippen LogP contribution is -2.51. The maximum atomic E-state index is 12.7. The fraction of sp³-hybridized carbons (Fsp3) is 0.647. The van der Waals surface area contributed by atoms with Crippen LogP contribution >= 0.6 is 0 Å². The molecule has 2 aromatic rings. The number of aryl methyl sites for hydroxylation is 1. The van der Waals surface area contributed by atoms with Crippen molar-refractivity contribution in [2.75, 3.05) is 31.1 Å². The van der Waals surface area contributed by atoms with Gasteiger partial charge in [0, 0.05) is 38.1 Å². The molecule has 2 fully saturated rings. The summed E-state index contributed by atoms with van der Waals surface area (Å²) in [5.41, 5.74) is 6.79. The van der Waals surface area contributed by atoms with Gasteiger partial charge in [-0.2, -0.15) is 4.52 Å². The monoisotopic (exact) mass is 343 g/mol. The van der Waals surface area contributed by atoms with Crippen LogP contribution in [0.1, 0.15) is 31.5 Å². The zero-order valence-electron chi connectivity index (χ0n) is 14.6. The average Bonchev–Trinajstić information content (AvgIpc) is 3.02. The first-order valence-electron chi connectivity index (χ1n) is 9.10. The Kier molecular flexibility index (Phi) is 4.29. The Balaban J connectivity index is 1.40. The molecule has 8 nitrogen and oxygen atoms in total. The van der Waals surface area contributed by atoms with E-state index < -0.39 is 0 Å². The molecule has 25 heavy (non-hydrogen) atoms. The number of hydrogen-bond acceptors (Lipinski definition) is 6. The van der Waals surface area contributed by atoms with Crippen LogP contribution < -0.4 is 10.6 Å². The molecule has 8 heteroatoms. The van der Waals surface area contributed by atoms with E-state index >= 15 is 0 Å². The second-order valence-electron chi connectivity index (χ2n) is 7.14. The number of hydrogen-bond donors (Lipinski definition) is 1. The van der Waals surface area contributed by atoms with Gasteiger partial charge < -0.3 is 15.5 Å². The van der Waals surface area contributed by atoms with Crippen molar-refractivity contribution in [1.29, 1.82) is 0 Å². The van der Waals surface area contributed by atoms with Crippen LogP contribution in [0.5, 0.6) is 0 Å². The second-order valence-corrected chi connectivity index (χ2v) is 7.14. The van der Waals surface area contributed by atoms with Crippen LogP contribution in [-0.2, 0) is 4.79 Å². The predicted octanol–water partition coefficient (Wildman–Crippen LogP) is 0.599. The topological polar surface area (TPSA) is 92.7 Å². The van der Waals surface area contributed by atoms with Gasteiger partial charge in [-0.3, -0.25) is 4.79 Å². The van der Waals surface area contributed by atoms with Crippen molar-refractivity contribution < 1.29 is 4.79 Å². The first kappa shape index (κ1) is 16.3. The van der Waals surface area contributed by atoms with E-state index in [1.54, 1.807) is 4.52 Å². The zero-order chi connectivity index (χ0) is 17.4. The molecule has 2 aromatic heterocycles. The summed E-state index contributed by atoms with van der Waals surface area (Å²) < 4.78 is 1.76. The molecular formula is C17H25N7O. The van der Waals surface area contributed by atoms with Gasteiger partial charge in [-0.1, -0.05) is 6.42 Å². The van der Waals surface area contributed by atoms with E-state index in [0.717, 1.165) is 69.2 Å². The third-order valence-corrected chi connectivity index (χ3v) is 5.38. The third kappa shape index (κ3) is 3.18. The molecule has 1 aliphatic heterocycles. The van der Waals surface area contributed by atoms with Crippen molar-refractivity contribution in [3.63, 3.8) is 0 Å². The highest BCUT2D eigenvalue weighted by atomic mass is 16.2. The molecule has 1 amide bonds. The Morgan fingerprint density at radius 3 is 2.72 bits per heavy atom. The molecule has 0 aromatic carbocycles. The van der Waals surface area contributed by atoms with Crippen molar-refractivity contribution in [3.05, 3.63) is 18.0 Å². The Morgan fingerprint density at radius 2 is 1.96 bits per heavy atom. The molecule has 134 valence electrons. The smallest absolute Gasteiger partial charge is 0.225 e. The summed E-state index contributed by atoms with van der Waals surface area (Å²) in [4.78, 5) is 17.0. The van der Waals surface area contributed by atoms with E-state index in [2.05, 4.69) is 20.2 Å². The summed E-state index contributed by atoms with van der Waals surface area (Å²) >= 11 is 0. The van der Waals surface area contributed by atoms with Gasteiger partial charge in [-0.05, 0) is 38.3 Å². The van der Waals surface area contributed by atoms with E-state index in [-0.39, 0.29) is 17.9 Å². The Labute approximate surface area is 147 Å². The minimum absolute atomic E-state index is 0.115. The maximum absolute atomic E-state index is 12.7. The third-order valence-electron chi connectivity index (χ3n) is 5.38. The summed E-state index contributed by atoms with van der Waals surface area (Å²) in [6, 6.07) is 4.09. The van der Waals surface area contributed by atoms with E-state index in [4.69, 9.17) is 5.73 Å². The molecule has 4 rings (SSSR count). The summed E-state index contributed by atoms with van der Waals surface area (Å²) in [7, 11) is 0. The number of carbonyl (C=O) groups excluding carboxylic acids is 1. The normalized spacial score (nSPS) is 24.7. The summed E-state index contributed by atoms with van der Waals surface area (Å²) in [5, 5.41) is 12.7. The van der Waals surface area contributed by atoms with Gasteiger partial charge in [0.05, 0.1) is 0 Å². The van der Waals surface area contributed by atoms with E-state index in [1.165, 1.54) is 0 Å². The minimum atomic E-state index is 0.115. The van der Waals surface area contributed by atoms with Crippen LogP contribution in [0.25, 0.3) is 5.65 Å². The van der Waals surface area contributed by atoms with Crippen LogP contribution in [0.2, 0.25) is 0 Å². The Hall–Kier alpha value is -2.22. The van der Waals surface area contributed by atoms with Gasteiger partial charge in [0.25, 0.3) is 0 Å². The van der Waals surface area contributed by atoms with E-state index in [1.807, 2.05) is 24.0 Å². The van der Waals surface area contributed by atoms with Gasteiger partial charge in [-0.25, -0.2) is 0 Å². The van der Waals surface area contributed by atoms with Crippen LogP contribution in [0, 0.1) is 12.8 Å². The first-order chi connectivity index (χ1) is 12.1. The van der Waals surface area contributed by atoms with E-state index in [9.17, 15) is 4.79 Å². The van der Waals surface area contributed by atoms with Crippen LogP contribution in [-0.4, -0.2) is 62.8 Å². The minimum Gasteiger partial charge on any atom is -0.352 e. The molecule has 1 saturated heterocycles. The molecule has 2 aliphatic rings. The van der Waals surface area contributed by atoms with E-state index in [0.29, 0.717) is 0 Å². The summed E-state index contributed by atoms with van der Waals surface area (Å²) in [5.74, 6) is 2.08. The van der Waals surface area contributed by atoms with Gasteiger partial charge in [0.2, 0.25) is 5.91 Å². The fourth-order valence-corrected chi connectivity index (χ4v) is 3.92. The Bertz CT molecular complexity index is 765. The van der Waals surface area contributed by atoms with Crippen LogP contribution in [0.15, 0.2) is 12.1 Å². The standard InChI is InChI=1S/C17H25N7O/c1-12-19-20-15-5-6-16(21-24(12)15)22-7-9-23(10-8-22)17(25)13-3-2-4-14(18)11-13/h5-6,13-14H,2-4,7-11,18H2,1H3/t13-,14-/m1/s1. The lowest BCUT2D eigenvalue weighted by molar-refractivity contribution is -0.137. The molecule has 0 spiro atoms. The number of amides is 1. The van der Waals surface area contributed by atoms with Crippen molar-refractivity contribution in [2.24, 2.45) is 11.7 Å². The lowest BCUT2D eigenvalue weighted by atomic mass is 9.85. The van der Waals surface area contributed by atoms with Gasteiger partial charge in [0.15, 0.2) is 11.5 Å². The number of carbonyl (C=O) groups is 1. The Morgan fingerprint density at radius 1 is 1.16 bits per heavy atom. The number of nitrogens with two attached hydrogens (primary N) is 1. The molecule has 2 atom stereocenters. The van der Waals surface area contributed by atoms with Gasteiger partial charge in [0.1, 0.15) is 5.82 Å². The maximum Gasteiger partial charge on any atom is 0.225 e. The van der Waals surface area contributed by atoms with Gasteiger partial charge >= 0.3 is 0 Å². The molecule has 3 heterocycles. The van der Waals surface area contributed by atoms with Crippen molar-refractivity contribution in [3.8, 4) is 0 Å². The molecule has 2 N–H and O–H groups in total. The molecule has 1 aliphatic carbocycles. The van der Waals surface area contributed by atoms with Crippen molar-refractivity contribution in [1.82, 2.24) is 24.7 Å². The summed E-state index contributed by atoms with van der Waals surface area (Å²) in [6.45, 7) is 4.97. The fourth-order valence-electron chi connectivity index (χ4n) is 3.92. The number of rotatable bonds is 2. The van der Waals surface area contributed by atoms with Crippen molar-refractivity contribution in [2.45, 2.75) is 38.6 Å². The number of aromatic nitrogens is 4. The quantitative estimate of drug-likeness (QED) is 0.858. The largest absolute Gasteiger partial charge is 0.352 e. The van der Waals surface area contributed by atoms with Crippen LogP contribution in [0.4, 0.5) is 5.82 Å². The SMILES string of the molecule is Cc1nnc2ccc(N3CCN(C(=O)[C@@H]4CCC[C@@H](N)C4)CC3)nn12. The highest BCUT2D eigenvalue weighted by Crippen LogP contribution is 2.26. The highest BCUT2D eigenvalue weighted by Gasteiger charge is 2.31. The number of nitrogens with zero attached hydrogens (tertiary/aromatic N) is 6. The lowest BCUT2D eigenvalue weighted by Gasteiger charge is -2.38. The second kappa shape index (κ2) is 6.59. The number of anilines is 1. The number of piperazine rings is 1. The van der Waals surface area contributed by atoms with Crippen LogP contribution in [0.3, 0.4) is 0 Å². The highest BCUT2D eigenvalue weighted by molar-refractivity contribution is 5.79. The predicted molar refractivity (Wildman–Crippen MR) is 94.2 cm³/mol. The van der Waals surface area contributed by atoms with Crippen molar-refractivity contribution >= 4 is 17.4 Å². The molecule has 0 bridgehead atoms. The number of fused-ring (bicyclic) bond motifs is 1. The molecule has 1 saturated carbocycles.